The monoisotopic (exact) mass is 360 g/mol. The average Bonchev–Trinajstić information content (AvgIpc) is 3.03. The zero-order valence-corrected chi connectivity index (χ0v) is 16.0. The van der Waals surface area contributed by atoms with Crippen LogP contribution in [0.2, 0.25) is 0 Å². The molecule has 2 heterocycles. The molecular weight excluding hydrogens is 336 g/mol. The maximum absolute atomic E-state index is 12.6. The molecule has 1 amide bonds. The topological polar surface area (TPSA) is 60.2 Å². The van der Waals surface area contributed by atoms with Crippen LogP contribution in [-0.2, 0) is 9.53 Å². The van der Waals surface area contributed by atoms with E-state index in [1.54, 1.807) is 6.33 Å². The number of ether oxygens (including phenoxy) is 1. The first kappa shape index (κ1) is 17.9. The fraction of sp³-hybridized carbons (Fsp3) is 0.500. The molecule has 1 aliphatic rings. The van der Waals surface area contributed by atoms with E-state index >= 15 is 0 Å². The number of thioether (sulfide) groups is 1. The van der Waals surface area contributed by atoms with E-state index in [-0.39, 0.29) is 11.4 Å². The fourth-order valence-electron chi connectivity index (χ4n) is 2.90. The van der Waals surface area contributed by atoms with E-state index < -0.39 is 0 Å². The number of aryl methyl sites for hydroxylation is 2. The van der Waals surface area contributed by atoms with Gasteiger partial charge in [-0.1, -0.05) is 17.8 Å². The Balaban J connectivity index is 1.71. The second-order valence-corrected chi connectivity index (χ2v) is 7.89. The van der Waals surface area contributed by atoms with Crippen molar-refractivity contribution in [1.29, 1.82) is 0 Å². The first-order valence-electron chi connectivity index (χ1n) is 8.37. The van der Waals surface area contributed by atoms with Gasteiger partial charge >= 0.3 is 0 Å². The van der Waals surface area contributed by atoms with E-state index in [2.05, 4.69) is 36.2 Å². The van der Waals surface area contributed by atoms with Crippen LogP contribution in [0.15, 0.2) is 29.7 Å². The molecular formula is C18H24N4O2S. The first-order valence-corrected chi connectivity index (χ1v) is 9.36. The predicted molar refractivity (Wildman–Crippen MR) is 98.2 cm³/mol. The molecule has 0 radical (unpaired) electrons. The summed E-state index contributed by atoms with van der Waals surface area (Å²) in [6, 6.07) is 6.23. The van der Waals surface area contributed by atoms with Crippen molar-refractivity contribution in [2.24, 2.45) is 0 Å². The lowest BCUT2D eigenvalue weighted by Crippen LogP contribution is -2.56. The Kier molecular flexibility index (Phi) is 5.15. The number of aromatic nitrogens is 3. The zero-order valence-electron chi connectivity index (χ0n) is 15.2. The van der Waals surface area contributed by atoms with Gasteiger partial charge in [-0.3, -0.25) is 9.36 Å². The maximum Gasteiger partial charge on any atom is 0.233 e. The summed E-state index contributed by atoms with van der Waals surface area (Å²) in [4.78, 5) is 14.6. The molecule has 25 heavy (non-hydrogen) atoms. The number of carbonyl (C=O) groups excluding carboxylic acids is 1. The van der Waals surface area contributed by atoms with Crippen LogP contribution in [0.5, 0.6) is 0 Å². The SMILES string of the molecule is Cc1ccc(-n2cnnc2SCC(=O)N2CCOCC2(C)C)cc1C. The number of hydrogen-bond acceptors (Lipinski definition) is 5. The molecule has 0 saturated carbocycles. The van der Waals surface area contributed by atoms with E-state index in [0.717, 1.165) is 10.8 Å². The van der Waals surface area contributed by atoms with Crippen molar-refractivity contribution in [2.75, 3.05) is 25.5 Å². The number of benzene rings is 1. The Morgan fingerprint density at radius 1 is 1.32 bits per heavy atom. The average molecular weight is 360 g/mol. The number of rotatable bonds is 4. The summed E-state index contributed by atoms with van der Waals surface area (Å²) in [6.07, 6.45) is 1.69. The van der Waals surface area contributed by atoms with Crippen LogP contribution >= 0.6 is 11.8 Å². The molecule has 1 aromatic carbocycles. The van der Waals surface area contributed by atoms with E-state index in [4.69, 9.17) is 4.74 Å². The highest BCUT2D eigenvalue weighted by Crippen LogP contribution is 2.24. The zero-order chi connectivity index (χ0) is 18.0. The van der Waals surface area contributed by atoms with E-state index in [9.17, 15) is 4.79 Å². The van der Waals surface area contributed by atoms with E-state index in [0.29, 0.717) is 25.5 Å². The van der Waals surface area contributed by atoms with Crippen LogP contribution in [0, 0.1) is 13.8 Å². The van der Waals surface area contributed by atoms with Crippen molar-refractivity contribution in [3.8, 4) is 5.69 Å². The highest BCUT2D eigenvalue weighted by Gasteiger charge is 2.34. The molecule has 1 aromatic heterocycles. The van der Waals surface area contributed by atoms with Gasteiger partial charge in [-0.25, -0.2) is 0 Å². The molecule has 6 nitrogen and oxygen atoms in total. The van der Waals surface area contributed by atoms with Crippen LogP contribution < -0.4 is 0 Å². The Morgan fingerprint density at radius 2 is 2.12 bits per heavy atom. The lowest BCUT2D eigenvalue weighted by atomic mass is 10.0. The third-order valence-corrected chi connectivity index (χ3v) is 5.48. The molecule has 0 unspecified atom stereocenters. The number of nitrogens with zero attached hydrogens (tertiary/aromatic N) is 4. The Bertz CT molecular complexity index is 772. The Hall–Kier alpha value is -1.86. The molecule has 0 spiro atoms. The van der Waals surface area contributed by atoms with Crippen LogP contribution in [0.4, 0.5) is 0 Å². The van der Waals surface area contributed by atoms with Gasteiger partial charge in [-0.2, -0.15) is 0 Å². The summed E-state index contributed by atoms with van der Waals surface area (Å²) in [5, 5.41) is 8.92. The van der Waals surface area contributed by atoms with Crippen molar-refractivity contribution in [3.05, 3.63) is 35.7 Å². The minimum atomic E-state index is -0.266. The van der Waals surface area contributed by atoms with Gasteiger partial charge in [-0.15, -0.1) is 10.2 Å². The van der Waals surface area contributed by atoms with Crippen LogP contribution in [0.25, 0.3) is 5.69 Å². The lowest BCUT2D eigenvalue weighted by molar-refractivity contribution is -0.143. The summed E-state index contributed by atoms with van der Waals surface area (Å²) in [5.74, 6) is 0.445. The van der Waals surface area contributed by atoms with Gasteiger partial charge in [0.05, 0.1) is 24.5 Å². The molecule has 0 bridgehead atoms. The normalized spacial score (nSPS) is 16.9. The van der Waals surface area contributed by atoms with Crippen LogP contribution in [0.3, 0.4) is 0 Å². The largest absolute Gasteiger partial charge is 0.377 e. The molecule has 7 heteroatoms. The van der Waals surface area contributed by atoms with Crippen molar-refractivity contribution >= 4 is 17.7 Å². The lowest BCUT2D eigenvalue weighted by Gasteiger charge is -2.42. The van der Waals surface area contributed by atoms with E-state index in [1.165, 1.54) is 22.9 Å². The number of carbonyl (C=O) groups is 1. The van der Waals surface area contributed by atoms with Crippen LogP contribution in [-0.4, -0.2) is 56.6 Å². The maximum atomic E-state index is 12.6. The first-order chi connectivity index (χ1) is 11.9. The Labute approximate surface area is 152 Å². The highest BCUT2D eigenvalue weighted by molar-refractivity contribution is 7.99. The van der Waals surface area contributed by atoms with Crippen molar-refractivity contribution < 1.29 is 9.53 Å². The molecule has 3 rings (SSSR count). The molecule has 0 atom stereocenters. The summed E-state index contributed by atoms with van der Waals surface area (Å²) in [5.41, 5.74) is 3.20. The van der Waals surface area contributed by atoms with Gasteiger partial charge < -0.3 is 9.64 Å². The third kappa shape index (κ3) is 3.88. The van der Waals surface area contributed by atoms with Gasteiger partial charge in [0.1, 0.15) is 6.33 Å². The second-order valence-electron chi connectivity index (χ2n) is 6.95. The summed E-state index contributed by atoms with van der Waals surface area (Å²) < 4.78 is 7.41. The van der Waals surface area contributed by atoms with Crippen LogP contribution in [0.1, 0.15) is 25.0 Å². The molecule has 1 saturated heterocycles. The fourth-order valence-corrected chi connectivity index (χ4v) is 3.71. The van der Waals surface area contributed by atoms with Crippen molar-refractivity contribution in [2.45, 2.75) is 38.4 Å². The highest BCUT2D eigenvalue weighted by atomic mass is 32.2. The molecule has 2 aromatic rings. The van der Waals surface area contributed by atoms with Gasteiger partial charge in [0.2, 0.25) is 5.91 Å². The smallest absolute Gasteiger partial charge is 0.233 e. The third-order valence-electron chi connectivity index (χ3n) is 4.56. The van der Waals surface area contributed by atoms with Crippen molar-refractivity contribution in [1.82, 2.24) is 19.7 Å². The Morgan fingerprint density at radius 3 is 2.84 bits per heavy atom. The predicted octanol–water partition coefficient (Wildman–Crippen LogP) is 2.61. The summed E-state index contributed by atoms with van der Waals surface area (Å²) in [7, 11) is 0. The molecule has 1 fully saturated rings. The standard InChI is InChI=1S/C18H24N4O2S/c1-13-5-6-15(9-14(13)2)21-12-19-20-17(21)25-10-16(23)22-7-8-24-11-18(22,3)4/h5-6,9,12H,7-8,10-11H2,1-4H3. The van der Waals surface area contributed by atoms with Crippen molar-refractivity contribution in [3.63, 3.8) is 0 Å². The molecule has 0 aliphatic carbocycles. The summed E-state index contributed by atoms with van der Waals surface area (Å²) >= 11 is 1.42. The van der Waals surface area contributed by atoms with Gasteiger partial charge in [-0.05, 0) is 51.0 Å². The molecule has 134 valence electrons. The quantitative estimate of drug-likeness (QED) is 0.785. The van der Waals surface area contributed by atoms with E-state index in [1.807, 2.05) is 29.4 Å². The number of morpholine rings is 1. The van der Waals surface area contributed by atoms with Gasteiger partial charge in [0.25, 0.3) is 0 Å². The minimum Gasteiger partial charge on any atom is -0.377 e. The number of hydrogen-bond donors (Lipinski definition) is 0. The molecule has 1 aliphatic heterocycles. The van der Waals surface area contributed by atoms with Gasteiger partial charge in [0.15, 0.2) is 5.16 Å². The second kappa shape index (κ2) is 7.17. The summed E-state index contributed by atoms with van der Waals surface area (Å²) in [6.45, 7) is 10.0. The molecule has 0 N–H and O–H groups in total. The minimum absolute atomic E-state index is 0.105. The number of amides is 1. The van der Waals surface area contributed by atoms with Gasteiger partial charge in [0, 0.05) is 12.2 Å².